The Morgan fingerprint density at radius 1 is 1.04 bits per heavy atom. The van der Waals surface area contributed by atoms with E-state index in [1.807, 2.05) is 30.3 Å². The number of anilines is 3. The highest BCUT2D eigenvalue weighted by Gasteiger charge is 2.07. The molecule has 0 atom stereocenters. The number of hydrogen-bond acceptors (Lipinski definition) is 4. The second kappa shape index (κ2) is 6.73. The zero-order valence-corrected chi connectivity index (χ0v) is 13.9. The van der Waals surface area contributed by atoms with Crippen LogP contribution < -0.4 is 10.6 Å². The average Bonchev–Trinajstić information content (AvgIpc) is 2.95. The Balaban J connectivity index is 1.76. The van der Waals surface area contributed by atoms with Crippen molar-refractivity contribution in [2.75, 3.05) is 17.2 Å². The maximum atomic E-state index is 5.76. The molecule has 2 N–H and O–H groups in total. The van der Waals surface area contributed by atoms with Crippen LogP contribution >= 0.6 is 0 Å². The summed E-state index contributed by atoms with van der Waals surface area (Å²) in [5, 5.41) is 6.62. The first-order valence-electron chi connectivity index (χ1n) is 8.14. The minimum absolute atomic E-state index is 0.519. The zero-order chi connectivity index (χ0) is 16.2. The molecule has 2 aromatic carbocycles. The van der Waals surface area contributed by atoms with Crippen molar-refractivity contribution in [1.82, 2.24) is 4.98 Å². The molecular formula is C19H23N3O. The molecule has 1 heterocycles. The fourth-order valence-electron chi connectivity index (χ4n) is 2.36. The van der Waals surface area contributed by atoms with Gasteiger partial charge in [0.15, 0.2) is 5.58 Å². The van der Waals surface area contributed by atoms with Crippen LogP contribution in [-0.2, 0) is 6.42 Å². The van der Waals surface area contributed by atoms with Crippen molar-refractivity contribution < 1.29 is 4.42 Å². The first-order valence-corrected chi connectivity index (χ1v) is 8.14. The Hall–Kier alpha value is -2.49. The van der Waals surface area contributed by atoms with Gasteiger partial charge >= 0.3 is 0 Å². The molecule has 3 rings (SSSR count). The number of hydrogen-bond donors (Lipinski definition) is 2. The van der Waals surface area contributed by atoms with E-state index >= 15 is 0 Å². The van der Waals surface area contributed by atoms with Crippen molar-refractivity contribution in [2.45, 2.75) is 27.2 Å². The number of oxazole rings is 1. The van der Waals surface area contributed by atoms with Crippen LogP contribution in [0.4, 0.5) is 17.4 Å². The van der Waals surface area contributed by atoms with Gasteiger partial charge in [-0.3, -0.25) is 0 Å². The molecule has 4 heteroatoms. The molecule has 1 aromatic heterocycles. The summed E-state index contributed by atoms with van der Waals surface area (Å²) in [6, 6.07) is 14.8. The Kier molecular flexibility index (Phi) is 4.51. The van der Waals surface area contributed by atoms with Crippen LogP contribution in [0.3, 0.4) is 0 Å². The third kappa shape index (κ3) is 3.83. The summed E-state index contributed by atoms with van der Waals surface area (Å²) in [6.07, 6.45) is 1.04. The zero-order valence-electron chi connectivity index (χ0n) is 13.9. The lowest BCUT2D eigenvalue weighted by molar-refractivity contribution is 0.623. The fraction of sp³-hybridized carbons (Fsp3) is 0.316. The van der Waals surface area contributed by atoms with Crippen molar-refractivity contribution >= 4 is 28.5 Å². The van der Waals surface area contributed by atoms with Crippen LogP contribution in [0.2, 0.25) is 0 Å². The summed E-state index contributed by atoms with van der Waals surface area (Å²) in [5.41, 5.74) is 5.00. The van der Waals surface area contributed by atoms with Crippen molar-refractivity contribution in [2.24, 2.45) is 5.92 Å². The molecule has 0 spiro atoms. The van der Waals surface area contributed by atoms with Gasteiger partial charge in [-0.05, 0) is 48.2 Å². The molecule has 0 aliphatic rings. The lowest BCUT2D eigenvalue weighted by atomic mass is 10.1. The molecule has 4 nitrogen and oxygen atoms in total. The summed E-state index contributed by atoms with van der Waals surface area (Å²) in [4.78, 5) is 4.52. The van der Waals surface area contributed by atoms with Gasteiger partial charge in [-0.15, -0.1) is 0 Å². The second-order valence-corrected chi connectivity index (χ2v) is 6.15. The molecule has 0 fully saturated rings. The van der Waals surface area contributed by atoms with E-state index in [1.165, 1.54) is 5.56 Å². The summed E-state index contributed by atoms with van der Waals surface area (Å²) in [5.74, 6) is 0.603. The van der Waals surface area contributed by atoms with Crippen molar-refractivity contribution in [3.05, 3.63) is 48.0 Å². The van der Waals surface area contributed by atoms with E-state index in [2.05, 4.69) is 48.5 Å². The molecule has 0 saturated heterocycles. The average molecular weight is 309 g/mol. The molecule has 0 amide bonds. The van der Waals surface area contributed by atoms with Gasteiger partial charge in [0.2, 0.25) is 0 Å². The van der Waals surface area contributed by atoms with Gasteiger partial charge in [-0.25, -0.2) is 0 Å². The highest BCUT2D eigenvalue weighted by atomic mass is 16.4. The number of nitrogens with one attached hydrogen (secondary N) is 2. The smallest absolute Gasteiger partial charge is 0.300 e. The minimum Gasteiger partial charge on any atom is -0.423 e. The number of aromatic nitrogens is 1. The number of rotatable bonds is 6. The van der Waals surface area contributed by atoms with Crippen LogP contribution in [-0.4, -0.2) is 11.5 Å². The van der Waals surface area contributed by atoms with E-state index in [4.69, 9.17) is 4.42 Å². The monoisotopic (exact) mass is 309 g/mol. The van der Waals surface area contributed by atoms with Crippen molar-refractivity contribution in [3.63, 3.8) is 0 Å². The quantitative estimate of drug-likeness (QED) is 0.657. The Bertz CT molecular complexity index is 775. The van der Waals surface area contributed by atoms with Crippen LogP contribution in [0.5, 0.6) is 0 Å². The molecule has 120 valence electrons. The van der Waals surface area contributed by atoms with Gasteiger partial charge in [0.1, 0.15) is 5.52 Å². The molecule has 0 bridgehead atoms. The van der Waals surface area contributed by atoms with Crippen LogP contribution in [0.25, 0.3) is 11.1 Å². The second-order valence-electron chi connectivity index (χ2n) is 6.15. The Morgan fingerprint density at radius 2 is 1.78 bits per heavy atom. The Morgan fingerprint density at radius 3 is 2.48 bits per heavy atom. The lowest BCUT2D eigenvalue weighted by Gasteiger charge is -2.07. The first-order chi connectivity index (χ1) is 11.1. The number of benzene rings is 2. The molecular weight excluding hydrogens is 286 g/mol. The van der Waals surface area contributed by atoms with Gasteiger partial charge in [-0.2, -0.15) is 4.98 Å². The first kappa shape index (κ1) is 15.4. The fourth-order valence-corrected chi connectivity index (χ4v) is 2.36. The topological polar surface area (TPSA) is 50.1 Å². The van der Waals surface area contributed by atoms with Gasteiger partial charge in [0.25, 0.3) is 6.01 Å². The molecule has 0 radical (unpaired) electrons. The standard InChI is InChI=1S/C19H23N3O/c1-4-14-5-7-15(8-6-14)21-19-22-17-11-16(20-12-13(2)3)9-10-18(17)23-19/h5-11,13,20H,4,12H2,1-3H3,(H,21,22). The molecule has 23 heavy (non-hydrogen) atoms. The number of fused-ring (bicyclic) bond motifs is 1. The Labute approximate surface area is 136 Å². The summed E-state index contributed by atoms with van der Waals surface area (Å²) >= 11 is 0. The minimum atomic E-state index is 0.519. The molecule has 0 unspecified atom stereocenters. The van der Waals surface area contributed by atoms with E-state index in [0.29, 0.717) is 11.9 Å². The van der Waals surface area contributed by atoms with Gasteiger partial charge in [0, 0.05) is 17.9 Å². The van der Waals surface area contributed by atoms with E-state index in [0.717, 1.165) is 35.4 Å². The van der Waals surface area contributed by atoms with Crippen molar-refractivity contribution in [3.8, 4) is 0 Å². The SMILES string of the molecule is CCc1ccc(Nc2nc3cc(NCC(C)C)ccc3o2)cc1. The highest BCUT2D eigenvalue weighted by molar-refractivity contribution is 5.79. The van der Waals surface area contributed by atoms with Crippen LogP contribution in [0.1, 0.15) is 26.3 Å². The molecule has 0 aliphatic carbocycles. The third-order valence-electron chi connectivity index (χ3n) is 3.72. The van der Waals surface area contributed by atoms with E-state index in [1.54, 1.807) is 0 Å². The van der Waals surface area contributed by atoms with E-state index in [9.17, 15) is 0 Å². The highest BCUT2D eigenvalue weighted by Crippen LogP contribution is 2.25. The predicted octanol–water partition coefficient (Wildman–Crippen LogP) is 5.20. The summed E-state index contributed by atoms with van der Waals surface area (Å²) in [6.45, 7) is 7.47. The van der Waals surface area contributed by atoms with Crippen LogP contribution in [0.15, 0.2) is 46.9 Å². The maximum absolute atomic E-state index is 5.76. The third-order valence-corrected chi connectivity index (χ3v) is 3.72. The summed E-state index contributed by atoms with van der Waals surface area (Å²) in [7, 11) is 0. The summed E-state index contributed by atoms with van der Waals surface area (Å²) < 4.78 is 5.76. The van der Waals surface area contributed by atoms with Gasteiger partial charge < -0.3 is 15.1 Å². The van der Waals surface area contributed by atoms with E-state index in [-0.39, 0.29) is 0 Å². The molecule has 0 aliphatic heterocycles. The van der Waals surface area contributed by atoms with E-state index < -0.39 is 0 Å². The number of aryl methyl sites for hydroxylation is 1. The van der Waals surface area contributed by atoms with Gasteiger partial charge in [-0.1, -0.05) is 32.9 Å². The number of nitrogens with zero attached hydrogens (tertiary/aromatic N) is 1. The molecule has 3 aromatic rings. The predicted molar refractivity (Wildman–Crippen MR) is 96.4 cm³/mol. The largest absolute Gasteiger partial charge is 0.423 e. The normalized spacial score (nSPS) is 11.1. The van der Waals surface area contributed by atoms with Crippen molar-refractivity contribution in [1.29, 1.82) is 0 Å². The van der Waals surface area contributed by atoms with Gasteiger partial charge in [0.05, 0.1) is 0 Å². The lowest BCUT2D eigenvalue weighted by Crippen LogP contribution is -2.07. The molecule has 0 saturated carbocycles. The maximum Gasteiger partial charge on any atom is 0.300 e. The van der Waals surface area contributed by atoms with Crippen LogP contribution in [0, 0.1) is 5.92 Å².